The number of piperidine rings is 1. The molecular weight excluding hydrogens is 338 g/mol. The summed E-state index contributed by atoms with van der Waals surface area (Å²) >= 11 is 0. The van der Waals surface area contributed by atoms with Gasteiger partial charge in [0.1, 0.15) is 0 Å². The van der Waals surface area contributed by atoms with E-state index in [0.717, 1.165) is 11.1 Å². The monoisotopic (exact) mass is 359 g/mol. The molecule has 5 rings (SSSR count). The van der Waals surface area contributed by atoms with Crippen molar-refractivity contribution in [3.8, 4) is 11.5 Å². The van der Waals surface area contributed by atoms with Gasteiger partial charge in [0.2, 0.25) is 0 Å². The van der Waals surface area contributed by atoms with Crippen LogP contribution in [-0.2, 0) is 21.4 Å². The second-order valence-electron chi connectivity index (χ2n) is 7.67. The van der Waals surface area contributed by atoms with E-state index in [1.54, 1.807) is 17.9 Å². The number of ketones is 1. The van der Waals surface area contributed by atoms with Crippen LogP contribution in [0.2, 0.25) is 0 Å². The minimum absolute atomic E-state index is 0.00560. The van der Waals surface area contributed by atoms with Crippen LogP contribution in [0.1, 0.15) is 37.3 Å². The van der Waals surface area contributed by atoms with Crippen molar-refractivity contribution in [2.45, 2.75) is 55.8 Å². The van der Waals surface area contributed by atoms with Crippen molar-refractivity contribution >= 4 is 11.9 Å². The molecule has 2 bridgehead atoms. The molecular formula is C19H21NO6. The first kappa shape index (κ1) is 15.9. The zero-order valence-corrected chi connectivity index (χ0v) is 14.5. The van der Waals surface area contributed by atoms with Crippen LogP contribution in [0.15, 0.2) is 12.1 Å². The summed E-state index contributed by atoms with van der Waals surface area (Å²) in [5.41, 5.74) is -0.503. The van der Waals surface area contributed by atoms with E-state index in [-0.39, 0.29) is 31.0 Å². The molecule has 26 heavy (non-hydrogen) atoms. The van der Waals surface area contributed by atoms with Gasteiger partial charge >= 0.3 is 6.09 Å². The number of aromatic hydroxyl groups is 1. The molecule has 1 aromatic carbocycles. The number of phenolic OH excluding ortho intramolecular Hbond substituents is 1. The van der Waals surface area contributed by atoms with Crippen LogP contribution in [0.5, 0.6) is 11.5 Å². The van der Waals surface area contributed by atoms with E-state index in [9.17, 15) is 19.8 Å². The Morgan fingerprint density at radius 3 is 3.00 bits per heavy atom. The molecule has 2 aliphatic carbocycles. The summed E-state index contributed by atoms with van der Waals surface area (Å²) in [4.78, 5) is 26.8. The molecule has 1 unspecified atom stereocenters. The third-order valence-corrected chi connectivity index (χ3v) is 6.76. The van der Waals surface area contributed by atoms with Gasteiger partial charge in [0, 0.05) is 18.5 Å². The lowest BCUT2D eigenvalue weighted by molar-refractivity contribution is -0.183. The zero-order chi connectivity index (χ0) is 18.3. The number of hydrogen-bond acceptors (Lipinski definition) is 6. The fraction of sp³-hybridized carbons (Fsp3) is 0.579. The predicted molar refractivity (Wildman–Crippen MR) is 89.2 cm³/mol. The Bertz CT molecular complexity index is 838. The molecule has 0 radical (unpaired) electrons. The largest absolute Gasteiger partial charge is 0.504 e. The van der Waals surface area contributed by atoms with Gasteiger partial charge in [-0.05, 0) is 37.8 Å². The van der Waals surface area contributed by atoms with E-state index < -0.39 is 29.3 Å². The molecule has 2 aliphatic heterocycles. The van der Waals surface area contributed by atoms with Gasteiger partial charge in [-0.15, -0.1) is 0 Å². The van der Waals surface area contributed by atoms with E-state index >= 15 is 0 Å². The number of ether oxygens (including phenoxy) is 2. The number of phenols is 1. The number of carbonyl (C=O) groups is 2. The predicted octanol–water partition coefficient (Wildman–Crippen LogP) is 1.27. The number of likely N-dealkylation sites (tertiary alicyclic amines) is 1. The number of amides is 1. The third kappa shape index (κ3) is 1.58. The summed E-state index contributed by atoms with van der Waals surface area (Å²) in [6.45, 7) is 2.40. The Morgan fingerprint density at radius 1 is 1.42 bits per heavy atom. The SMILES string of the molecule is CCOC(=O)N1CC[C@]23c4c5ccc(O)c4O[C@H]2C(=O)CC[C@@]3(O)C1C5. The standard InChI is InChI=1S/C19H21NO6/c1-2-25-17(23)20-8-7-18-14-10-3-4-11(21)15(14)26-16(18)12(22)5-6-19(18,24)13(20)9-10/h3-4,13,16,21,24H,2,5-9H2,1H3/t13?,16-,18-,19+/m0/s1. The highest BCUT2D eigenvalue weighted by Gasteiger charge is 2.73. The topological polar surface area (TPSA) is 96.3 Å². The molecule has 0 aromatic heterocycles. The molecule has 138 valence electrons. The molecule has 1 aromatic rings. The second kappa shape index (κ2) is 4.91. The Balaban J connectivity index is 1.73. The van der Waals surface area contributed by atoms with Crippen LogP contribution < -0.4 is 4.74 Å². The lowest BCUT2D eigenvalue weighted by Gasteiger charge is -2.61. The molecule has 7 heteroatoms. The quantitative estimate of drug-likeness (QED) is 0.784. The van der Waals surface area contributed by atoms with Crippen LogP contribution in [-0.4, -0.2) is 57.9 Å². The average molecular weight is 359 g/mol. The second-order valence-corrected chi connectivity index (χ2v) is 7.67. The van der Waals surface area contributed by atoms with Crippen LogP contribution in [0.25, 0.3) is 0 Å². The highest BCUT2D eigenvalue weighted by atomic mass is 16.6. The van der Waals surface area contributed by atoms with Crippen molar-refractivity contribution in [3.63, 3.8) is 0 Å². The number of aliphatic hydroxyl groups is 1. The Hall–Kier alpha value is -2.28. The van der Waals surface area contributed by atoms with E-state index in [0.29, 0.717) is 25.1 Å². The van der Waals surface area contributed by atoms with Gasteiger partial charge in [-0.2, -0.15) is 0 Å². The van der Waals surface area contributed by atoms with E-state index in [2.05, 4.69) is 0 Å². The molecule has 7 nitrogen and oxygen atoms in total. The fourth-order valence-electron chi connectivity index (χ4n) is 5.75. The van der Waals surface area contributed by atoms with Crippen LogP contribution >= 0.6 is 0 Å². The van der Waals surface area contributed by atoms with Crippen molar-refractivity contribution < 1.29 is 29.3 Å². The molecule has 2 fully saturated rings. The summed E-state index contributed by atoms with van der Waals surface area (Å²) in [6.07, 6.45) is 0.0786. The number of nitrogens with zero attached hydrogens (tertiary/aromatic N) is 1. The van der Waals surface area contributed by atoms with E-state index in [1.807, 2.05) is 6.07 Å². The van der Waals surface area contributed by atoms with Gasteiger partial charge < -0.3 is 24.6 Å². The van der Waals surface area contributed by atoms with E-state index in [4.69, 9.17) is 9.47 Å². The van der Waals surface area contributed by atoms with Crippen LogP contribution in [0, 0.1) is 0 Å². The first-order chi connectivity index (χ1) is 12.4. The lowest BCUT2D eigenvalue weighted by Crippen LogP contribution is -2.77. The molecule has 4 aliphatic rings. The summed E-state index contributed by atoms with van der Waals surface area (Å²) < 4.78 is 11.1. The van der Waals surface area contributed by atoms with E-state index in [1.165, 1.54) is 0 Å². The van der Waals surface area contributed by atoms with Gasteiger partial charge in [-0.25, -0.2) is 4.79 Å². The number of Topliss-reactive ketones (excluding diaryl/α,β-unsaturated/α-hetero) is 1. The van der Waals surface area contributed by atoms with Crippen molar-refractivity contribution in [2.75, 3.05) is 13.2 Å². The molecule has 2 N–H and O–H groups in total. The molecule has 1 saturated heterocycles. The van der Waals surface area contributed by atoms with Crippen LogP contribution in [0.3, 0.4) is 0 Å². The highest BCUT2D eigenvalue weighted by Crippen LogP contribution is 2.64. The zero-order valence-electron chi connectivity index (χ0n) is 14.5. The summed E-state index contributed by atoms with van der Waals surface area (Å²) in [6, 6.07) is 2.89. The summed E-state index contributed by atoms with van der Waals surface area (Å²) in [5.74, 6) is 0.264. The van der Waals surface area contributed by atoms with Gasteiger partial charge in [-0.1, -0.05) is 6.07 Å². The van der Waals surface area contributed by atoms with Gasteiger partial charge in [0.05, 0.1) is 23.7 Å². The summed E-state index contributed by atoms with van der Waals surface area (Å²) in [7, 11) is 0. The maximum atomic E-state index is 12.7. The normalized spacial score (nSPS) is 36.4. The fourth-order valence-corrected chi connectivity index (χ4v) is 5.75. The highest BCUT2D eigenvalue weighted by molar-refractivity contribution is 5.90. The number of benzene rings is 1. The van der Waals surface area contributed by atoms with Crippen molar-refractivity contribution in [2.24, 2.45) is 0 Å². The molecule has 1 saturated carbocycles. The minimum Gasteiger partial charge on any atom is -0.504 e. The Kier molecular flexibility index (Phi) is 3.01. The number of carbonyl (C=O) groups excluding carboxylic acids is 2. The molecule has 1 amide bonds. The Labute approximate surface area is 150 Å². The maximum Gasteiger partial charge on any atom is 0.410 e. The van der Waals surface area contributed by atoms with Crippen LogP contribution in [0.4, 0.5) is 4.79 Å². The molecule has 2 heterocycles. The lowest BCUT2D eigenvalue weighted by atomic mass is 9.49. The Morgan fingerprint density at radius 2 is 2.23 bits per heavy atom. The number of rotatable bonds is 1. The van der Waals surface area contributed by atoms with Gasteiger partial charge in [-0.3, -0.25) is 4.79 Å². The van der Waals surface area contributed by atoms with Crippen molar-refractivity contribution in [1.29, 1.82) is 0 Å². The van der Waals surface area contributed by atoms with Gasteiger partial charge in [0.25, 0.3) is 0 Å². The number of hydrogen-bond donors (Lipinski definition) is 2. The maximum absolute atomic E-state index is 12.7. The van der Waals surface area contributed by atoms with Crippen molar-refractivity contribution in [3.05, 3.63) is 23.3 Å². The third-order valence-electron chi connectivity index (χ3n) is 6.76. The first-order valence-electron chi connectivity index (χ1n) is 9.14. The average Bonchev–Trinajstić information content (AvgIpc) is 2.96. The van der Waals surface area contributed by atoms with Crippen molar-refractivity contribution in [1.82, 2.24) is 4.90 Å². The van der Waals surface area contributed by atoms with Gasteiger partial charge in [0.15, 0.2) is 23.4 Å². The first-order valence-corrected chi connectivity index (χ1v) is 9.14. The minimum atomic E-state index is -1.28. The molecule has 1 spiro atoms. The summed E-state index contributed by atoms with van der Waals surface area (Å²) in [5, 5.41) is 22.1. The molecule has 4 atom stereocenters. The smallest absolute Gasteiger partial charge is 0.410 e.